The summed E-state index contributed by atoms with van der Waals surface area (Å²) in [7, 11) is -4.06. The Morgan fingerprint density at radius 3 is 2.39 bits per heavy atom. The summed E-state index contributed by atoms with van der Waals surface area (Å²) in [4.78, 5) is 0. The zero-order valence-corrected chi connectivity index (χ0v) is 13.5. The first-order valence-electron chi connectivity index (χ1n) is 6.34. The molecule has 0 bridgehead atoms. The van der Waals surface area contributed by atoms with E-state index in [-0.39, 0.29) is 5.75 Å². The lowest BCUT2D eigenvalue weighted by Crippen LogP contribution is -2.25. The van der Waals surface area contributed by atoms with Crippen LogP contribution in [0.4, 0.5) is 5.69 Å². The lowest BCUT2D eigenvalue weighted by Gasteiger charge is -2.15. The van der Waals surface area contributed by atoms with Crippen LogP contribution in [-0.2, 0) is 10.3 Å². The van der Waals surface area contributed by atoms with Gasteiger partial charge in [-0.1, -0.05) is 17.7 Å². The molecule has 2 rings (SSSR count). The topological polar surface area (TPSA) is 125 Å². The van der Waals surface area contributed by atoms with Gasteiger partial charge in [0, 0.05) is 11.2 Å². The Labute approximate surface area is 139 Å². The second kappa shape index (κ2) is 6.88. The van der Waals surface area contributed by atoms with Crippen LogP contribution in [0.1, 0.15) is 5.56 Å². The standard InChI is InChI=1S/C14H15ClN4O3S/c15-11-2-1-3-12(8-11)19(17)9-14(16)10-4-6-13(7-5-10)22-23(18,20)21/h1-9H,16-17H2,(H2,18,20,21)/b14-9-. The molecule has 0 amide bonds. The monoisotopic (exact) mass is 354 g/mol. The van der Waals surface area contributed by atoms with Gasteiger partial charge in [-0.2, -0.15) is 13.6 Å². The molecular formula is C14H15ClN4O3S. The number of halogens is 1. The average Bonchev–Trinajstić information content (AvgIpc) is 2.46. The van der Waals surface area contributed by atoms with E-state index in [1.54, 1.807) is 36.4 Å². The molecule has 2 aromatic rings. The van der Waals surface area contributed by atoms with Crippen molar-refractivity contribution in [3.8, 4) is 5.75 Å². The molecule has 7 nitrogen and oxygen atoms in total. The fourth-order valence-corrected chi connectivity index (χ4v) is 2.34. The summed E-state index contributed by atoms with van der Waals surface area (Å²) in [6.45, 7) is 0. The predicted octanol–water partition coefficient (Wildman–Crippen LogP) is 1.56. The van der Waals surface area contributed by atoms with Gasteiger partial charge in [-0.15, -0.1) is 0 Å². The van der Waals surface area contributed by atoms with Gasteiger partial charge in [-0.05, 0) is 48.0 Å². The van der Waals surface area contributed by atoms with Gasteiger partial charge in [0.25, 0.3) is 0 Å². The maximum atomic E-state index is 10.8. The molecule has 0 spiro atoms. The van der Waals surface area contributed by atoms with Crippen molar-refractivity contribution in [2.24, 2.45) is 16.7 Å². The van der Waals surface area contributed by atoms with Crippen LogP contribution in [-0.4, -0.2) is 8.42 Å². The fourth-order valence-electron chi connectivity index (χ4n) is 1.77. The van der Waals surface area contributed by atoms with Crippen LogP contribution in [0.25, 0.3) is 5.70 Å². The van der Waals surface area contributed by atoms with Crippen molar-refractivity contribution in [3.05, 3.63) is 65.3 Å². The van der Waals surface area contributed by atoms with E-state index in [0.717, 1.165) is 0 Å². The Morgan fingerprint density at radius 2 is 1.83 bits per heavy atom. The van der Waals surface area contributed by atoms with Gasteiger partial charge in [0.05, 0.1) is 11.4 Å². The van der Waals surface area contributed by atoms with Crippen LogP contribution < -0.4 is 25.9 Å². The van der Waals surface area contributed by atoms with Crippen molar-refractivity contribution in [1.82, 2.24) is 0 Å². The summed E-state index contributed by atoms with van der Waals surface area (Å²) in [6.07, 6.45) is 1.52. The van der Waals surface area contributed by atoms with Crippen LogP contribution >= 0.6 is 11.6 Å². The molecule has 0 aromatic heterocycles. The maximum Gasteiger partial charge on any atom is 0.380 e. The fraction of sp³-hybridized carbons (Fsp3) is 0. The molecule has 23 heavy (non-hydrogen) atoms. The minimum Gasteiger partial charge on any atom is -0.397 e. The molecule has 0 saturated heterocycles. The number of nitrogens with zero attached hydrogens (tertiary/aromatic N) is 1. The van der Waals surface area contributed by atoms with Gasteiger partial charge >= 0.3 is 10.3 Å². The van der Waals surface area contributed by atoms with Crippen molar-refractivity contribution < 1.29 is 12.6 Å². The SMILES string of the molecule is N/C(=C\N(N)c1cccc(Cl)c1)c1ccc(OS(N)(=O)=O)cc1. The first kappa shape index (κ1) is 17.1. The quantitative estimate of drug-likeness (QED) is 0.552. The summed E-state index contributed by atoms with van der Waals surface area (Å²) in [5.41, 5.74) is 7.63. The summed E-state index contributed by atoms with van der Waals surface area (Å²) in [6, 6.07) is 13.0. The largest absolute Gasteiger partial charge is 0.397 e. The molecular weight excluding hydrogens is 340 g/mol. The van der Waals surface area contributed by atoms with E-state index in [4.69, 9.17) is 28.3 Å². The Hall–Kier alpha value is -2.26. The van der Waals surface area contributed by atoms with Crippen LogP contribution in [0.3, 0.4) is 0 Å². The van der Waals surface area contributed by atoms with E-state index < -0.39 is 10.3 Å². The third kappa shape index (κ3) is 5.15. The lowest BCUT2D eigenvalue weighted by atomic mass is 10.1. The van der Waals surface area contributed by atoms with E-state index in [9.17, 15) is 8.42 Å². The maximum absolute atomic E-state index is 10.8. The van der Waals surface area contributed by atoms with Crippen LogP contribution in [0, 0.1) is 0 Å². The first-order chi connectivity index (χ1) is 10.7. The minimum absolute atomic E-state index is 0.0866. The Bertz CT molecular complexity index is 822. The molecule has 122 valence electrons. The molecule has 0 aliphatic rings. The van der Waals surface area contributed by atoms with Crippen molar-refractivity contribution in [1.29, 1.82) is 0 Å². The molecule has 2 aromatic carbocycles. The van der Waals surface area contributed by atoms with Crippen LogP contribution in [0.15, 0.2) is 54.7 Å². The summed E-state index contributed by atoms with van der Waals surface area (Å²) in [5.74, 6) is 6.00. The van der Waals surface area contributed by atoms with E-state index >= 15 is 0 Å². The third-order valence-corrected chi connectivity index (χ3v) is 3.44. The number of benzene rings is 2. The Kier molecular flexibility index (Phi) is 5.12. The van der Waals surface area contributed by atoms with Crippen LogP contribution in [0.5, 0.6) is 5.75 Å². The number of hydrogen-bond donors (Lipinski definition) is 3. The van der Waals surface area contributed by atoms with Crippen LogP contribution in [0.2, 0.25) is 5.02 Å². The summed E-state index contributed by atoms with van der Waals surface area (Å²) >= 11 is 5.91. The van der Waals surface area contributed by atoms with Crippen molar-refractivity contribution in [3.63, 3.8) is 0 Å². The smallest absolute Gasteiger partial charge is 0.380 e. The Morgan fingerprint density at radius 1 is 1.17 bits per heavy atom. The van der Waals surface area contributed by atoms with Gasteiger partial charge in [0.15, 0.2) is 0 Å². The predicted molar refractivity (Wildman–Crippen MR) is 90.5 cm³/mol. The summed E-state index contributed by atoms with van der Waals surface area (Å²) in [5, 5.41) is 6.67. The molecule has 0 fully saturated rings. The van der Waals surface area contributed by atoms with E-state index in [0.29, 0.717) is 22.0 Å². The molecule has 6 N–H and O–H groups in total. The highest BCUT2D eigenvalue weighted by Crippen LogP contribution is 2.20. The normalized spacial score (nSPS) is 12.0. The number of rotatable bonds is 5. The van der Waals surface area contributed by atoms with E-state index in [1.807, 2.05) is 0 Å². The molecule has 9 heteroatoms. The molecule has 0 saturated carbocycles. The zero-order valence-electron chi connectivity index (χ0n) is 11.9. The van der Waals surface area contributed by atoms with Gasteiger partial charge in [0.1, 0.15) is 5.75 Å². The first-order valence-corrected chi connectivity index (χ1v) is 8.19. The molecule has 0 aliphatic carbocycles. The average molecular weight is 355 g/mol. The van der Waals surface area contributed by atoms with E-state index in [1.165, 1.54) is 23.3 Å². The highest BCUT2D eigenvalue weighted by molar-refractivity contribution is 7.84. The van der Waals surface area contributed by atoms with Crippen molar-refractivity contribution in [2.75, 3.05) is 5.01 Å². The van der Waals surface area contributed by atoms with Gasteiger partial charge in [-0.3, -0.25) is 5.01 Å². The van der Waals surface area contributed by atoms with Crippen molar-refractivity contribution >= 4 is 33.3 Å². The Balaban J connectivity index is 2.17. The molecule has 0 aliphatic heterocycles. The number of hydrazine groups is 1. The second-order valence-corrected chi connectivity index (χ2v) is 6.16. The highest BCUT2D eigenvalue weighted by Gasteiger charge is 2.06. The molecule has 0 unspecified atom stereocenters. The van der Waals surface area contributed by atoms with E-state index in [2.05, 4.69) is 4.18 Å². The zero-order chi connectivity index (χ0) is 17.0. The van der Waals surface area contributed by atoms with Crippen molar-refractivity contribution in [2.45, 2.75) is 0 Å². The number of hydrogen-bond acceptors (Lipinski definition) is 6. The molecule has 0 radical (unpaired) electrons. The number of nitrogens with two attached hydrogens (primary N) is 3. The highest BCUT2D eigenvalue weighted by atomic mass is 35.5. The molecule has 0 atom stereocenters. The lowest BCUT2D eigenvalue weighted by molar-refractivity contribution is 0.488. The van der Waals surface area contributed by atoms with Gasteiger partial charge in [-0.25, -0.2) is 5.84 Å². The summed E-state index contributed by atoms with van der Waals surface area (Å²) < 4.78 is 26.2. The van der Waals surface area contributed by atoms with Gasteiger partial charge < -0.3 is 9.92 Å². The third-order valence-electron chi connectivity index (χ3n) is 2.78. The van der Waals surface area contributed by atoms with Gasteiger partial charge in [0.2, 0.25) is 0 Å². The number of anilines is 1. The second-order valence-electron chi connectivity index (χ2n) is 4.57. The minimum atomic E-state index is -4.06. The molecule has 0 heterocycles.